The van der Waals surface area contributed by atoms with E-state index in [9.17, 15) is 0 Å². The van der Waals surface area contributed by atoms with Crippen molar-refractivity contribution >= 4 is 5.69 Å². The minimum atomic E-state index is 1.08. The number of hydrogen-bond donors (Lipinski definition) is 0. The molecule has 20 heavy (non-hydrogen) atoms. The fraction of sp³-hybridized carbons (Fsp3) is 0.474. The van der Waals surface area contributed by atoms with Gasteiger partial charge in [0.15, 0.2) is 0 Å². The Hall–Kier alpha value is -1.50. The molecule has 0 aliphatic heterocycles. The van der Waals surface area contributed by atoms with E-state index >= 15 is 0 Å². The summed E-state index contributed by atoms with van der Waals surface area (Å²) in [4.78, 5) is 2.42. The van der Waals surface area contributed by atoms with Crippen molar-refractivity contribution < 1.29 is 0 Å². The molecule has 0 heterocycles. The topological polar surface area (TPSA) is 3.24 Å². The summed E-state index contributed by atoms with van der Waals surface area (Å²) >= 11 is 0. The van der Waals surface area contributed by atoms with Gasteiger partial charge in [0.05, 0.1) is 0 Å². The predicted molar refractivity (Wildman–Crippen MR) is 91.4 cm³/mol. The van der Waals surface area contributed by atoms with Gasteiger partial charge in [-0.25, -0.2) is 0 Å². The molecule has 0 N–H and O–H groups in total. The monoisotopic (exact) mass is 271 g/mol. The van der Waals surface area contributed by atoms with Crippen LogP contribution in [0.3, 0.4) is 0 Å². The highest BCUT2D eigenvalue weighted by molar-refractivity contribution is 5.58. The molecular formula is C19H29N. The molecule has 0 bridgehead atoms. The van der Waals surface area contributed by atoms with E-state index in [0.29, 0.717) is 0 Å². The maximum atomic E-state index is 3.82. The van der Waals surface area contributed by atoms with E-state index in [1.54, 1.807) is 0 Å². The molecule has 0 unspecified atom stereocenters. The highest BCUT2D eigenvalue weighted by atomic mass is 15.1. The van der Waals surface area contributed by atoms with E-state index in [1.165, 1.54) is 48.2 Å². The lowest BCUT2D eigenvalue weighted by Crippen LogP contribution is -2.23. The minimum Gasteiger partial charge on any atom is -0.345 e. The molecule has 1 aromatic carbocycles. The summed E-state index contributed by atoms with van der Waals surface area (Å²) in [6.07, 6.45) is 9.12. The van der Waals surface area contributed by atoms with Crippen LogP contribution in [0.25, 0.3) is 0 Å². The van der Waals surface area contributed by atoms with Crippen LogP contribution >= 0.6 is 0 Å². The number of anilines is 1. The molecule has 0 fully saturated rings. The maximum absolute atomic E-state index is 3.82. The molecule has 0 radical (unpaired) electrons. The van der Waals surface area contributed by atoms with Gasteiger partial charge in [0.2, 0.25) is 0 Å². The Balaban J connectivity index is 2.91. The SMILES string of the molecule is C=C/C=C(\C)N(CCCCCC)c1ccc(C)cc1C. The van der Waals surface area contributed by atoms with Crippen molar-refractivity contribution in [3.63, 3.8) is 0 Å². The number of nitrogens with zero attached hydrogens (tertiary/aromatic N) is 1. The summed E-state index contributed by atoms with van der Waals surface area (Å²) in [5.41, 5.74) is 5.26. The Morgan fingerprint density at radius 3 is 2.55 bits per heavy atom. The first-order valence-electron chi connectivity index (χ1n) is 7.74. The third kappa shape index (κ3) is 4.88. The van der Waals surface area contributed by atoms with Crippen molar-refractivity contribution in [2.24, 2.45) is 0 Å². The lowest BCUT2D eigenvalue weighted by molar-refractivity contribution is 0.661. The number of allylic oxidation sites excluding steroid dienone is 3. The summed E-state index contributed by atoms with van der Waals surface area (Å²) in [5.74, 6) is 0. The van der Waals surface area contributed by atoms with E-state index in [2.05, 4.69) is 63.4 Å². The second kappa shape index (κ2) is 8.63. The quantitative estimate of drug-likeness (QED) is 0.428. The second-order valence-electron chi connectivity index (χ2n) is 5.55. The first-order chi connectivity index (χ1) is 9.60. The molecule has 110 valence electrons. The van der Waals surface area contributed by atoms with E-state index in [-0.39, 0.29) is 0 Å². The van der Waals surface area contributed by atoms with Crippen molar-refractivity contribution in [3.05, 3.63) is 53.8 Å². The van der Waals surface area contributed by atoms with Crippen molar-refractivity contribution in [3.8, 4) is 0 Å². The van der Waals surface area contributed by atoms with Gasteiger partial charge in [0, 0.05) is 17.9 Å². The molecule has 0 aromatic heterocycles. The summed E-state index contributed by atoms with van der Waals surface area (Å²) in [6.45, 7) is 13.7. The highest BCUT2D eigenvalue weighted by Gasteiger charge is 2.10. The molecule has 0 aliphatic rings. The lowest BCUT2D eigenvalue weighted by atomic mass is 10.1. The first kappa shape index (κ1) is 16.6. The van der Waals surface area contributed by atoms with Gasteiger partial charge in [0.1, 0.15) is 0 Å². The molecule has 0 spiro atoms. The fourth-order valence-electron chi connectivity index (χ4n) is 2.55. The summed E-state index contributed by atoms with van der Waals surface area (Å²) in [5, 5.41) is 0. The molecule has 0 amide bonds. The lowest BCUT2D eigenvalue weighted by Gasteiger charge is -2.27. The van der Waals surface area contributed by atoms with Crippen molar-refractivity contribution in [2.45, 2.75) is 53.4 Å². The van der Waals surface area contributed by atoms with Gasteiger partial charge < -0.3 is 4.90 Å². The Kier molecular flexibility index (Phi) is 7.14. The average molecular weight is 271 g/mol. The zero-order valence-corrected chi connectivity index (χ0v) is 13.6. The maximum Gasteiger partial charge on any atom is 0.0438 e. The van der Waals surface area contributed by atoms with Gasteiger partial charge >= 0.3 is 0 Å². The van der Waals surface area contributed by atoms with Gasteiger partial charge in [-0.05, 0) is 44.9 Å². The second-order valence-corrected chi connectivity index (χ2v) is 5.55. The van der Waals surface area contributed by atoms with Gasteiger partial charge in [0.25, 0.3) is 0 Å². The van der Waals surface area contributed by atoms with E-state index in [0.717, 1.165) is 6.54 Å². The average Bonchev–Trinajstić information content (AvgIpc) is 2.40. The minimum absolute atomic E-state index is 1.08. The molecule has 1 rings (SSSR count). The fourth-order valence-corrected chi connectivity index (χ4v) is 2.55. The standard InChI is InChI=1S/C19H29N/c1-6-8-9-10-14-20(18(5)11-7-2)19-13-12-16(3)15-17(19)4/h7,11-13,15H,2,6,8-10,14H2,1,3-5H3/b18-11+. The largest absolute Gasteiger partial charge is 0.345 e. The predicted octanol–water partition coefficient (Wildman–Crippen LogP) is 5.78. The smallest absolute Gasteiger partial charge is 0.0438 e. The van der Waals surface area contributed by atoms with Crippen LogP contribution in [0.5, 0.6) is 0 Å². The van der Waals surface area contributed by atoms with Crippen LogP contribution in [0.2, 0.25) is 0 Å². The zero-order valence-electron chi connectivity index (χ0n) is 13.6. The van der Waals surface area contributed by atoms with Gasteiger partial charge in [-0.15, -0.1) is 0 Å². The molecule has 0 aliphatic carbocycles. The van der Waals surface area contributed by atoms with E-state index < -0.39 is 0 Å². The first-order valence-corrected chi connectivity index (χ1v) is 7.74. The molecule has 1 heteroatoms. The van der Waals surface area contributed by atoms with E-state index in [4.69, 9.17) is 0 Å². The molecule has 0 atom stereocenters. The number of unbranched alkanes of at least 4 members (excludes halogenated alkanes) is 3. The van der Waals surface area contributed by atoms with Gasteiger partial charge in [-0.3, -0.25) is 0 Å². The van der Waals surface area contributed by atoms with Gasteiger partial charge in [-0.2, -0.15) is 0 Å². The number of hydrogen-bond acceptors (Lipinski definition) is 1. The molecular weight excluding hydrogens is 242 g/mol. The third-order valence-corrected chi connectivity index (χ3v) is 3.66. The molecule has 0 saturated heterocycles. The number of rotatable bonds is 8. The van der Waals surface area contributed by atoms with Gasteiger partial charge in [-0.1, -0.05) is 56.5 Å². The van der Waals surface area contributed by atoms with E-state index in [1.807, 2.05) is 6.08 Å². The van der Waals surface area contributed by atoms with Crippen LogP contribution in [0.1, 0.15) is 50.7 Å². The summed E-state index contributed by atoms with van der Waals surface area (Å²) in [7, 11) is 0. The van der Waals surface area contributed by atoms with Crippen molar-refractivity contribution in [1.82, 2.24) is 0 Å². The van der Waals surface area contributed by atoms with Crippen LogP contribution < -0.4 is 4.90 Å². The molecule has 1 nitrogen and oxygen atoms in total. The number of benzene rings is 1. The van der Waals surface area contributed by atoms with Crippen LogP contribution in [0.15, 0.2) is 42.6 Å². The van der Waals surface area contributed by atoms with Crippen LogP contribution in [0.4, 0.5) is 5.69 Å². The Morgan fingerprint density at radius 2 is 1.95 bits per heavy atom. The Morgan fingerprint density at radius 1 is 1.20 bits per heavy atom. The van der Waals surface area contributed by atoms with Crippen LogP contribution in [-0.2, 0) is 0 Å². The Bertz CT molecular complexity index is 457. The molecule has 1 aromatic rings. The molecule has 0 saturated carbocycles. The normalized spacial score (nSPS) is 11.5. The Labute approximate surface area is 125 Å². The third-order valence-electron chi connectivity index (χ3n) is 3.66. The van der Waals surface area contributed by atoms with Crippen molar-refractivity contribution in [2.75, 3.05) is 11.4 Å². The summed E-state index contributed by atoms with van der Waals surface area (Å²) in [6, 6.07) is 6.70. The zero-order chi connectivity index (χ0) is 15.0. The van der Waals surface area contributed by atoms with Crippen LogP contribution in [-0.4, -0.2) is 6.54 Å². The number of aryl methyl sites for hydroxylation is 2. The van der Waals surface area contributed by atoms with Crippen LogP contribution in [0, 0.1) is 13.8 Å². The van der Waals surface area contributed by atoms with Crippen molar-refractivity contribution in [1.29, 1.82) is 0 Å². The highest BCUT2D eigenvalue weighted by Crippen LogP contribution is 2.25. The summed E-state index contributed by atoms with van der Waals surface area (Å²) < 4.78 is 0.